The lowest BCUT2D eigenvalue weighted by Crippen LogP contribution is -2.39. The molecular formula is C10H22N4O2. The lowest BCUT2D eigenvalue weighted by atomic mass is 10.3. The predicted octanol–water partition coefficient (Wildman–Crippen LogP) is -0.0769. The Hall–Kier alpha value is -1.30. The minimum Gasteiger partial charge on any atom is -0.409 e. The van der Waals surface area contributed by atoms with Crippen molar-refractivity contribution in [1.82, 2.24) is 9.80 Å². The van der Waals surface area contributed by atoms with Crippen molar-refractivity contribution < 1.29 is 10.0 Å². The summed E-state index contributed by atoms with van der Waals surface area (Å²) >= 11 is 0. The van der Waals surface area contributed by atoms with Crippen molar-refractivity contribution in [3.05, 3.63) is 0 Å². The van der Waals surface area contributed by atoms with Crippen LogP contribution in [0.15, 0.2) is 5.16 Å². The van der Waals surface area contributed by atoms with Crippen LogP contribution in [0.1, 0.15) is 19.8 Å². The van der Waals surface area contributed by atoms with Gasteiger partial charge in [0.2, 0.25) is 5.91 Å². The SMILES string of the molecule is CCCN(CCN(C)C)C(=O)CC(N)=NO. The summed E-state index contributed by atoms with van der Waals surface area (Å²) in [5.41, 5.74) is 5.31. The van der Waals surface area contributed by atoms with E-state index in [1.54, 1.807) is 4.90 Å². The van der Waals surface area contributed by atoms with Gasteiger partial charge in [-0.25, -0.2) is 0 Å². The zero-order valence-corrected chi connectivity index (χ0v) is 10.3. The van der Waals surface area contributed by atoms with Gasteiger partial charge in [-0.2, -0.15) is 0 Å². The van der Waals surface area contributed by atoms with Crippen LogP contribution in [0.3, 0.4) is 0 Å². The molecule has 0 saturated heterocycles. The number of likely N-dealkylation sites (N-methyl/N-ethyl adjacent to an activating group) is 1. The van der Waals surface area contributed by atoms with Gasteiger partial charge in [0.1, 0.15) is 5.84 Å². The maximum absolute atomic E-state index is 11.8. The Balaban J connectivity index is 4.23. The molecule has 1 amide bonds. The summed E-state index contributed by atoms with van der Waals surface area (Å²) in [6.45, 7) is 4.19. The van der Waals surface area contributed by atoms with Crippen molar-refractivity contribution in [1.29, 1.82) is 0 Å². The number of hydrogen-bond donors (Lipinski definition) is 2. The average Bonchev–Trinajstić information content (AvgIpc) is 2.23. The highest BCUT2D eigenvalue weighted by Crippen LogP contribution is 1.97. The number of rotatable bonds is 7. The van der Waals surface area contributed by atoms with Gasteiger partial charge < -0.3 is 20.7 Å². The summed E-state index contributed by atoms with van der Waals surface area (Å²) in [4.78, 5) is 15.5. The van der Waals surface area contributed by atoms with E-state index >= 15 is 0 Å². The third-order valence-electron chi connectivity index (χ3n) is 2.12. The summed E-state index contributed by atoms with van der Waals surface area (Å²) in [5, 5.41) is 11.2. The van der Waals surface area contributed by atoms with Gasteiger partial charge in [-0.15, -0.1) is 0 Å². The lowest BCUT2D eigenvalue weighted by molar-refractivity contribution is -0.130. The van der Waals surface area contributed by atoms with Gasteiger partial charge in [0, 0.05) is 19.6 Å². The number of carbonyl (C=O) groups is 1. The highest BCUT2D eigenvalue weighted by Gasteiger charge is 2.14. The molecule has 0 radical (unpaired) electrons. The summed E-state index contributed by atoms with van der Waals surface area (Å²) in [6.07, 6.45) is 0.874. The molecule has 0 aromatic carbocycles. The molecule has 0 atom stereocenters. The molecular weight excluding hydrogens is 208 g/mol. The van der Waals surface area contributed by atoms with Crippen molar-refractivity contribution in [3.8, 4) is 0 Å². The third-order valence-corrected chi connectivity index (χ3v) is 2.12. The molecule has 16 heavy (non-hydrogen) atoms. The molecule has 0 saturated carbocycles. The van der Waals surface area contributed by atoms with E-state index in [1.165, 1.54) is 0 Å². The maximum atomic E-state index is 11.8. The summed E-state index contributed by atoms with van der Waals surface area (Å²) in [7, 11) is 3.91. The largest absolute Gasteiger partial charge is 0.409 e. The van der Waals surface area contributed by atoms with Gasteiger partial charge in [-0.3, -0.25) is 4.79 Å². The molecule has 0 aromatic rings. The smallest absolute Gasteiger partial charge is 0.230 e. The number of amides is 1. The lowest BCUT2D eigenvalue weighted by Gasteiger charge is -2.23. The summed E-state index contributed by atoms with van der Waals surface area (Å²) in [6, 6.07) is 0. The van der Waals surface area contributed by atoms with Crippen LogP contribution >= 0.6 is 0 Å². The minimum atomic E-state index is -0.0981. The molecule has 3 N–H and O–H groups in total. The van der Waals surface area contributed by atoms with Crippen LogP contribution in [0.4, 0.5) is 0 Å². The normalized spacial score (nSPS) is 11.9. The topological polar surface area (TPSA) is 82.2 Å². The molecule has 94 valence electrons. The molecule has 0 heterocycles. The number of nitrogens with zero attached hydrogens (tertiary/aromatic N) is 3. The number of nitrogens with two attached hydrogens (primary N) is 1. The van der Waals surface area contributed by atoms with Crippen LogP contribution in [0, 0.1) is 0 Å². The summed E-state index contributed by atoms with van der Waals surface area (Å²) in [5.74, 6) is -0.144. The van der Waals surface area contributed by atoms with Crippen LogP contribution < -0.4 is 5.73 Å². The third kappa shape index (κ3) is 6.23. The van der Waals surface area contributed by atoms with E-state index in [-0.39, 0.29) is 18.2 Å². The van der Waals surface area contributed by atoms with E-state index in [1.807, 2.05) is 25.9 Å². The van der Waals surface area contributed by atoms with Crippen LogP contribution in [0.2, 0.25) is 0 Å². The second kappa shape index (κ2) is 7.92. The van der Waals surface area contributed by atoms with Crippen molar-refractivity contribution >= 4 is 11.7 Å². The van der Waals surface area contributed by atoms with Crippen LogP contribution in [-0.4, -0.2) is 60.5 Å². The van der Waals surface area contributed by atoms with Crippen molar-refractivity contribution in [2.24, 2.45) is 10.9 Å². The van der Waals surface area contributed by atoms with Gasteiger partial charge in [0.25, 0.3) is 0 Å². The van der Waals surface area contributed by atoms with Crippen molar-refractivity contribution in [2.45, 2.75) is 19.8 Å². The quantitative estimate of drug-likeness (QED) is 0.277. The zero-order valence-electron chi connectivity index (χ0n) is 10.3. The van der Waals surface area contributed by atoms with Gasteiger partial charge in [-0.1, -0.05) is 12.1 Å². The molecule has 0 bridgehead atoms. The van der Waals surface area contributed by atoms with E-state index in [0.717, 1.165) is 13.0 Å². The zero-order chi connectivity index (χ0) is 12.6. The van der Waals surface area contributed by atoms with Crippen molar-refractivity contribution in [2.75, 3.05) is 33.7 Å². The minimum absolute atomic E-state index is 0.0239. The van der Waals surface area contributed by atoms with E-state index in [9.17, 15) is 4.79 Å². The first-order chi connectivity index (χ1) is 7.51. The Labute approximate surface area is 96.7 Å². The Morgan fingerprint density at radius 1 is 1.31 bits per heavy atom. The average molecular weight is 230 g/mol. The molecule has 0 rings (SSSR count). The van der Waals surface area contributed by atoms with E-state index < -0.39 is 0 Å². The molecule has 0 aromatic heterocycles. The second-order valence-corrected chi connectivity index (χ2v) is 3.95. The number of carbonyl (C=O) groups excluding carboxylic acids is 1. The highest BCUT2D eigenvalue weighted by atomic mass is 16.4. The molecule has 0 aliphatic heterocycles. The number of amidine groups is 1. The predicted molar refractivity (Wildman–Crippen MR) is 63.5 cm³/mol. The first-order valence-electron chi connectivity index (χ1n) is 5.40. The molecule has 0 aliphatic rings. The van der Waals surface area contributed by atoms with Crippen LogP contribution in [-0.2, 0) is 4.79 Å². The monoisotopic (exact) mass is 230 g/mol. The van der Waals surface area contributed by atoms with E-state index in [2.05, 4.69) is 5.16 Å². The maximum Gasteiger partial charge on any atom is 0.230 e. The fourth-order valence-electron chi connectivity index (χ4n) is 1.25. The Morgan fingerprint density at radius 2 is 1.94 bits per heavy atom. The fourth-order valence-corrected chi connectivity index (χ4v) is 1.25. The summed E-state index contributed by atoms with van der Waals surface area (Å²) < 4.78 is 0. The molecule has 6 heteroatoms. The first kappa shape index (κ1) is 14.7. The van der Waals surface area contributed by atoms with Crippen LogP contribution in [0.25, 0.3) is 0 Å². The van der Waals surface area contributed by atoms with Gasteiger partial charge in [-0.05, 0) is 20.5 Å². The standard InChI is InChI=1S/C10H22N4O2/c1-4-5-14(7-6-13(2)3)10(15)8-9(11)12-16/h16H,4-8H2,1-3H3,(H2,11,12). The Morgan fingerprint density at radius 3 is 2.38 bits per heavy atom. The molecule has 0 aliphatic carbocycles. The molecule has 0 fully saturated rings. The van der Waals surface area contributed by atoms with Gasteiger partial charge >= 0.3 is 0 Å². The second-order valence-electron chi connectivity index (χ2n) is 3.95. The van der Waals surface area contributed by atoms with Gasteiger partial charge in [0.15, 0.2) is 0 Å². The number of oxime groups is 1. The van der Waals surface area contributed by atoms with Gasteiger partial charge in [0.05, 0.1) is 6.42 Å². The number of hydrogen-bond acceptors (Lipinski definition) is 4. The van der Waals surface area contributed by atoms with E-state index in [0.29, 0.717) is 13.1 Å². The van der Waals surface area contributed by atoms with Crippen molar-refractivity contribution in [3.63, 3.8) is 0 Å². The molecule has 0 unspecified atom stereocenters. The fraction of sp³-hybridized carbons (Fsp3) is 0.800. The van der Waals surface area contributed by atoms with Crippen LogP contribution in [0.5, 0.6) is 0 Å². The first-order valence-corrected chi connectivity index (χ1v) is 5.40. The Kier molecular flexibility index (Phi) is 7.28. The molecule has 6 nitrogen and oxygen atoms in total. The highest BCUT2D eigenvalue weighted by molar-refractivity contribution is 5.98. The molecule has 0 spiro atoms. The van der Waals surface area contributed by atoms with E-state index in [4.69, 9.17) is 10.9 Å². The Bertz CT molecular complexity index is 241.